The predicted molar refractivity (Wildman–Crippen MR) is 92.4 cm³/mol. The molecule has 3 nitrogen and oxygen atoms in total. The average molecular weight is 362 g/mol. The Bertz CT molecular complexity index is 802. The van der Waals surface area contributed by atoms with Gasteiger partial charge in [0.05, 0.1) is 12.2 Å². The van der Waals surface area contributed by atoms with Crippen molar-refractivity contribution in [2.45, 2.75) is 13.1 Å². The first-order chi connectivity index (χ1) is 12.3. The van der Waals surface area contributed by atoms with Gasteiger partial charge in [0, 0.05) is 6.08 Å². The van der Waals surface area contributed by atoms with Crippen LogP contribution in [0.5, 0.6) is 5.75 Å². The highest BCUT2D eigenvalue weighted by Crippen LogP contribution is 2.31. The van der Waals surface area contributed by atoms with Crippen molar-refractivity contribution in [2.75, 3.05) is 6.61 Å². The van der Waals surface area contributed by atoms with Crippen LogP contribution in [0.15, 0.2) is 66.8 Å². The Morgan fingerprint density at radius 3 is 2.08 bits per heavy atom. The van der Waals surface area contributed by atoms with E-state index < -0.39 is 17.7 Å². The van der Waals surface area contributed by atoms with Crippen LogP contribution >= 0.6 is 0 Å². The number of hydrogen-bond donors (Lipinski definition) is 1. The second kappa shape index (κ2) is 8.38. The van der Waals surface area contributed by atoms with Crippen molar-refractivity contribution in [1.29, 1.82) is 0 Å². The second-order valence-electron chi connectivity index (χ2n) is 5.31. The van der Waals surface area contributed by atoms with E-state index in [0.29, 0.717) is 16.7 Å². The Labute approximate surface area is 149 Å². The van der Waals surface area contributed by atoms with Crippen molar-refractivity contribution < 1.29 is 27.8 Å². The number of carbonyl (C=O) groups is 1. The van der Waals surface area contributed by atoms with Gasteiger partial charge in [-0.1, -0.05) is 36.4 Å². The van der Waals surface area contributed by atoms with E-state index in [1.807, 2.05) is 0 Å². The molecule has 0 atom stereocenters. The number of phenols is 1. The van der Waals surface area contributed by atoms with E-state index >= 15 is 0 Å². The first-order valence-electron chi connectivity index (χ1n) is 7.83. The number of phenolic OH excluding ortho intramolecular Hbond substituents is 1. The summed E-state index contributed by atoms with van der Waals surface area (Å²) in [6.45, 7) is 1.93. The van der Waals surface area contributed by atoms with Crippen LogP contribution in [-0.4, -0.2) is 17.7 Å². The van der Waals surface area contributed by atoms with E-state index in [4.69, 9.17) is 4.74 Å². The Kier molecular flexibility index (Phi) is 6.22. The summed E-state index contributed by atoms with van der Waals surface area (Å²) < 4.78 is 43.0. The molecule has 0 unspecified atom stereocenters. The van der Waals surface area contributed by atoms with Gasteiger partial charge < -0.3 is 9.84 Å². The SMILES string of the molecule is CCOC(=O)C=CC=C(c1ccc(O)cc1)c1ccc(C(F)(F)F)cc1. The molecule has 6 heteroatoms. The van der Waals surface area contributed by atoms with Crippen LogP contribution in [0, 0.1) is 0 Å². The van der Waals surface area contributed by atoms with Gasteiger partial charge in [0.2, 0.25) is 0 Å². The van der Waals surface area contributed by atoms with E-state index in [1.54, 1.807) is 25.1 Å². The maximum Gasteiger partial charge on any atom is 0.416 e. The highest BCUT2D eigenvalue weighted by atomic mass is 19.4. The van der Waals surface area contributed by atoms with Gasteiger partial charge in [-0.2, -0.15) is 13.2 Å². The fourth-order valence-electron chi connectivity index (χ4n) is 2.25. The number of hydrogen-bond acceptors (Lipinski definition) is 3. The highest BCUT2D eigenvalue weighted by molar-refractivity contribution is 5.85. The monoisotopic (exact) mass is 362 g/mol. The molecule has 0 saturated carbocycles. The number of allylic oxidation sites excluding steroid dienone is 2. The van der Waals surface area contributed by atoms with Crippen LogP contribution in [0.3, 0.4) is 0 Å². The fraction of sp³-hybridized carbons (Fsp3) is 0.150. The van der Waals surface area contributed by atoms with Crippen molar-refractivity contribution in [2.24, 2.45) is 0 Å². The molecule has 2 aromatic carbocycles. The molecule has 2 aromatic rings. The average Bonchev–Trinajstić information content (AvgIpc) is 2.59. The van der Waals surface area contributed by atoms with E-state index in [0.717, 1.165) is 12.1 Å². The third-order valence-corrected chi connectivity index (χ3v) is 3.48. The second-order valence-corrected chi connectivity index (χ2v) is 5.31. The molecule has 0 radical (unpaired) electrons. The van der Waals surface area contributed by atoms with E-state index in [9.17, 15) is 23.1 Å². The molecule has 0 saturated heterocycles. The third kappa shape index (κ3) is 5.24. The van der Waals surface area contributed by atoms with Gasteiger partial charge in [0.15, 0.2) is 0 Å². The summed E-state index contributed by atoms with van der Waals surface area (Å²) in [5.74, 6) is -0.441. The molecule has 1 N–H and O–H groups in total. The van der Waals surface area contributed by atoms with Gasteiger partial charge in [-0.3, -0.25) is 0 Å². The van der Waals surface area contributed by atoms with Gasteiger partial charge in [-0.05, 0) is 47.9 Å². The molecule has 0 amide bonds. The fourth-order valence-corrected chi connectivity index (χ4v) is 2.25. The zero-order chi connectivity index (χ0) is 19.2. The maximum absolute atomic E-state index is 12.7. The van der Waals surface area contributed by atoms with Crippen LogP contribution in [0.1, 0.15) is 23.6 Å². The molecule has 0 aliphatic rings. The van der Waals surface area contributed by atoms with Gasteiger partial charge in [0.1, 0.15) is 5.75 Å². The van der Waals surface area contributed by atoms with Gasteiger partial charge in [-0.15, -0.1) is 0 Å². The number of ether oxygens (including phenoxy) is 1. The summed E-state index contributed by atoms with van der Waals surface area (Å²) in [7, 11) is 0. The first-order valence-corrected chi connectivity index (χ1v) is 7.83. The lowest BCUT2D eigenvalue weighted by molar-refractivity contribution is -0.138. The maximum atomic E-state index is 12.7. The van der Waals surface area contributed by atoms with Gasteiger partial charge >= 0.3 is 12.1 Å². The zero-order valence-electron chi connectivity index (χ0n) is 14.0. The van der Waals surface area contributed by atoms with Crippen molar-refractivity contribution in [1.82, 2.24) is 0 Å². The molecule has 0 bridgehead atoms. The van der Waals surface area contributed by atoms with Crippen molar-refractivity contribution >= 4 is 11.5 Å². The van der Waals surface area contributed by atoms with Crippen molar-refractivity contribution in [3.05, 3.63) is 83.4 Å². The smallest absolute Gasteiger partial charge is 0.416 e. The molecule has 2 rings (SSSR count). The summed E-state index contributed by atoms with van der Waals surface area (Å²) in [5, 5.41) is 9.42. The molecule has 0 aromatic heterocycles. The van der Waals surface area contributed by atoms with Crippen LogP contribution in [-0.2, 0) is 15.7 Å². The zero-order valence-corrected chi connectivity index (χ0v) is 14.0. The molecule has 0 heterocycles. The van der Waals surface area contributed by atoms with Gasteiger partial charge in [0.25, 0.3) is 0 Å². The number of alkyl halides is 3. The number of carbonyl (C=O) groups excluding carboxylic acids is 1. The molecule has 0 spiro atoms. The third-order valence-electron chi connectivity index (χ3n) is 3.48. The molecule has 0 aliphatic carbocycles. The molecule has 26 heavy (non-hydrogen) atoms. The number of halogens is 3. The lowest BCUT2D eigenvalue weighted by atomic mass is 9.96. The van der Waals surface area contributed by atoms with Crippen molar-refractivity contribution in [3.8, 4) is 5.75 Å². The standard InChI is InChI=1S/C20H17F3O3/c1-2-26-19(25)5-3-4-18(15-8-12-17(24)13-9-15)14-6-10-16(11-7-14)20(21,22)23/h3-13,24H,2H2,1H3. The Hall–Kier alpha value is -3.02. The lowest BCUT2D eigenvalue weighted by Gasteiger charge is -2.11. The first kappa shape index (κ1) is 19.3. The van der Waals surface area contributed by atoms with E-state index in [-0.39, 0.29) is 12.4 Å². The Morgan fingerprint density at radius 1 is 1.04 bits per heavy atom. The number of esters is 1. The van der Waals surface area contributed by atoms with Crippen LogP contribution in [0.4, 0.5) is 13.2 Å². The van der Waals surface area contributed by atoms with E-state index in [2.05, 4.69) is 0 Å². The molecular formula is C20H17F3O3. The minimum absolute atomic E-state index is 0.0718. The highest BCUT2D eigenvalue weighted by Gasteiger charge is 2.30. The Balaban J connectivity index is 2.40. The van der Waals surface area contributed by atoms with Crippen LogP contribution in [0.2, 0.25) is 0 Å². The summed E-state index contributed by atoms with van der Waals surface area (Å²) in [4.78, 5) is 11.4. The molecule has 0 fully saturated rings. The summed E-state index contributed by atoms with van der Waals surface area (Å²) in [6, 6.07) is 10.9. The van der Waals surface area contributed by atoms with Crippen molar-refractivity contribution in [3.63, 3.8) is 0 Å². The normalized spacial score (nSPS) is 12.4. The number of benzene rings is 2. The molecule has 0 aliphatic heterocycles. The van der Waals surface area contributed by atoms with Crippen LogP contribution in [0.25, 0.3) is 5.57 Å². The van der Waals surface area contributed by atoms with Gasteiger partial charge in [-0.25, -0.2) is 4.79 Å². The topological polar surface area (TPSA) is 46.5 Å². The largest absolute Gasteiger partial charge is 0.508 e. The van der Waals surface area contributed by atoms with E-state index in [1.165, 1.54) is 36.4 Å². The summed E-state index contributed by atoms with van der Waals surface area (Å²) in [5.41, 5.74) is 1.07. The quantitative estimate of drug-likeness (QED) is 0.464. The molecular weight excluding hydrogens is 345 g/mol. The minimum atomic E-state index is -4.41. The Morgan fingerprint density at radius 2 is 1.58 bits per heavy atom. The predicted octanol–water partition coefficient (Wildman–Crippen LogP) is 4.96. The van der Waals surface area contributed by atoms with Crippen LogP contribution < -0.4 is 0 Å². The summed E-state index contributed by atoms with van der Waals surface area (Å²) >= 11 is 0. The lowest BCUT2D eigenvalue weighted by Crippen LogP contribution is -2.04. The summed E-state index contributed by atoms with van der Waals surface area (Å²) in [6.07, 6.45) is -0.109. The number of aromatic hydroxyl groups is 1. The minimum Gasteiger partial charge on any atom is -0.508 e. The number of rotatable bonds is 5. The molecule has 136 valence electrons.